The summed E-state index contributed by atoms with van der Waals surface area (Å²) in [6, 6.07) is 2.39. The number of rotatable bonds is 3. The summed E-state index contributed by atoms with van der Waals surface area (Å²) in [5.74, 6) is -1.16. The van der Waals surface area contributed by atoms with Crippen LogP contribution in [-0.4, -0.2) is 48.9 Å². The molecule has 1 aromatic carbocycles. The highest BCUT2D eigenvalue weighted by molar-refractivity contribution is 5.68. The van der Waals surface area contributed by atoms with Gasteiger partial charge in [0.1, 0.15) is 17.0 Å². The second-order valence-corrected chi connectivity index (χ2v) is 7.36. The number of hydrogen-bond donors (Lipinski definition) is 0. The fourth-order valence-corrected chi connectivity index (χ4v) is 2.62. The number of ether oxygens (including phenoxy) is 2. The molecule has 2 rings (SSSR count). The van der Waals surface area contributed by atoms with Crippen molar-refractivity contribution in [2.24, 2.45) is 0 Å². The van der Waals surface area contributed by atoms with Crippen LogP contribution in [0.5, 0.6) is 5.75 Å². The summed E-state index contributed by atoms with van der Waals surface area (Å²) in [5, 5.41) is 0. The van der Waals surface area contributed by atoms with Crippen molar-refractivity contribution in [1.82, 2.24) is 4.90 Å². The summed E-state index contributed by atoms with van der Waals surface area (Å²) in [5.41, 5.74) is -0.654. The minimum absolute atomic E-state index is 0.0834. The van der Waals surface area contributed by atoms with E-state index in [0.29, 0.717) is 26.2 Å². The van der Waals surface area contributed by atoms with Crippen molar-refractivity contribution >= 4 is 11.8 Å². The van der Waals surface area contributed by atoms with Gasteiger partial charge in [-0.15, -0.1) is 0 Å². The highest BCUT2D eigenvalue weighted by atomic mass is 19.1. The summed E-state index contributed by atoms with van der Waals surface area (Å²) in [4.78, 5) is 15.2. The molecule has 0 aromatic heterocycles. The standard InChI is InChI=1S/C18H26F2N2O3/c1-12(2)24-13-10-14(19)16(15(20)11-13)21-6-8-22(9-7-21)17(23)25-18(3,4)5/h10-12H,6-9H2,1-5H3. The zero-order valence-electron chi connectivity index (χ0n) is 15.4. The number of carbonyl (C=O) groups is 1. The number of hydrogen-bond acceptors (Lipinski definition) is 4. The van der Waals surface area contributed by atoms with Crippen molar-refractivity contribution in [1.29, 1.82) is 0 Å². The highest BCUT2D eigenvalue weighted by Gasteiger charge is 2.28. The van der Waals surface area contributed by atoms with E-state index in [9.17, 15) is 13.6 Å². The van der Waals surface area contributed by atoms with Gasteiger partial charge in [0, 0.05) is 38.3 Å². The molecule has 1 aliphatic rings. The van der Waals surface area contributed by atoms with Crippen LogP contribution in [-0.2, 0) is 4.74 Å². The molecule has 0 spiro atoms. The van der Waals surface area contributed by atoms with Crippen molar-refractivity contribution in [2.45, 2.75) is 46.3 Å². The summed E-state index contributed by atoms with van der Waals surface area (Å²) in [6.07, 6.45) is -0.573. The summed E-state index contributed by atoms with van der Waals surface area (Å²) in [7, 11) is 0. The van der Waals surface area contributed by atoms with Gasteiger partial charge in [0.25, 0.3) is 0 Å². The van der Waals surface area contributed by atoms with E-state index in [2.05, 4.69) is 0 Å². The van der Waals surface area contributed by atoms with Crippen molar-refractivity contribution in [3.8, 4) is 5.75 Å². The minimum Gasteiger partial charge on any atom is -0.491 e. The van der Waals surface area contributed by atoms with Gasteiger partial charge in [0.2, 0.25) is 0 Å². The average molecular weight is 356 g/mol. The first kappa shape index (κ1) is 19.3. The zero-order valence-corrected chi connectivity index (χ0v) is 15.4. The molecule has 1 amide bonds. The van der Waals surface area contributed by atoms with Crippen LogP contribution in [0.3, 0.4) is 0 Å². The van der Waals surface area contributed by atoms with Crippen LogP contribution in [0.2, 0.25) is 0 Å². The van der Waals surface area contributed by atoms with Gasteiger partial charge in [0.15, 0.2) is 11.6 Å². The van der Waals surface area contributed by atoms with Gasteiger partial charge in [-0.05, 0) is 34.6 Å². The van der Waals surface area contributed by atoms with Crippen LogP contribution >= 0.6 is 0 Å². The average Bonchev–Trinajstić information content (AvgIpc) is 2.44. The molecule has 0 bridgehead atoms. The summed E-state index contributed by atoms with van der Waals surface area (Å²) < 4.78 is 39.4. The van der Waals surface area contributed by atoms with E-state index in [1.807, 2.05) is 0 Å². The van der Waals surface area contributed by atoms with Crippen molar-refractivity contribution in [3.05, 3.63) is 23.8 Å². The molecule has 0 aliphatic carbocycles. The monoisotopic (exact) mass is 356 g/mol. The van der Waals surface area contributed by atoms with E-state index in [1.165, 1.54) is 12.1 Å². The third-order valence-corrected chi connectivity index (χ3v) is 3.61. The molecule has 25 heavy (non-hydrogen) atoms. The van der Waals surface area contributed by atoms with E-state index in [0.717, 1.165) is 0 Å². The third-order valence-electron chi connectivity index (χ3n) is 3.61. The molecule has 1 saturated heterocycles. The molecular formula is C18H26F2N2O3. The molecule has 0 saturated carbocycles. The second-order valence-electron chi connectivity index (χ2n) is 7.36. The molecule has 7 heteroatoms. The summed E-state index contributed by atoms with van der Waals surface area (Å²) >= 11 is 0. The number of nitrogens with zero attached hydrogens (tertiary/aromatic N) is 2. The number of amides is 1. The third kappa shape index (κ3) is 5.21. The van der Waals surface area contributed by atoms with Gasteiger partial charge in [-0.3, -0.25) is 0 Å². The first-order valence-electron chi connectivity index (χ1n) is 8.45. The van der Waals surface area contributed by atoms with E-state index >= 15 is 0 Å². The van der Waals surface area contributed by atoms with E-state index in [1.54, 1.807) is 44.4 Å². The van der Waals surface area contributed by atoms with E-state index in [4.69, 9.17) is 9.47 Å². The Morgan fingerprint density at radius 1 is 1.08 bits per heavy atom. The first-order valence-corrected chi connectivity index (χ1v) is 8.45. The predicted octanol–water partition coefficient (Wildman–Crippen LogP) is 3.81. The van der Waals surface area contributed by atoms with Gasteiger partial charge in [-0.2, -0.15) is 0 Å². The molecule has 0 N–H and O–H groups in total. The number of benzene rings is 1. The van der Waals surface area contributed by atoms with Crippen LogP contribution in [0.25, 0.3) is 0 Å². The number of halogens is 2. The van der Waals surface area contributed by atoms with E-state index < -0.39 is 23.3 Å². The van der Waals surface area contributed by atoms with Gasteiger partial charge < -0.3 is 19.3 Å². The Bertz CT molecular complexity index is 598. The highest BCUT2D eigenvalue weighted by Crippen LogP contribution is 2.29. The lowest BCUT2D eigenvalue weighted by Gasteiger charge is -2.37. The lowest BCUT2D eigenvalue weighted by Crippen LogP contribution is -2.50. The quantitative estimate of drug-likeness (QED) is 0.826. The van der Waals surface area contributed by atoms with Crippen LogP contribution in [0.4, 0.5) is 19.3 Å². The first-order chi connectivity index (χ1) is 11.6. The van der Waals surface area contributed by atoms with Gasteiger partial charge in [0.05, 0.1) is 6.10 Å². The van der Waals surface area contributed by atoms with Crippen LogP contribution < -0.4 is 9.64 Å². The summed E-state index contributed by atoms with van der Waals surface area (Å²) in [6.45, 7) is 10.3. The Balaban J connectivity index is 2.04. The lowest BCUT2D eigenvalue weighted by molar-refractivity contribution is 0.0240. The van der Waals surface area contributed by atoms with E-state index in [-0.39, 0.29) is 17.5 Å². The van der Waals surface area contributed by atoms with Crippen LogP contribution in [0.15, 0.2) is 12.1 Å². The number of anilines is 1. The van der Waals surface area contributed by atoms with Crippen molar-refractivity contribution in [3.63, 3.8) is 0 Å². The van der Waals surface area contributed by atoms with Gasteiger partial charge in [-0.1, -0.05) is 0 Å². The maximum absolute atomic E-state index is 14.4. The zero-order chi connectivity index (χ0) is 18.8. The molecular weight excluding hydrogens is 330 g/mol. The molecule has 5 nitrogen and oxygen atoms in total. The Kier molecular flexibility index (Phi) is 5.75. The predicted molar refractivity (Wildman–Crippen MR) is 92.1 cm³/mol. The SMILES string of the molecule is CC(C)Oc1cc(F)c(N2CCN(C(=O)OC(C)(C)C)CC2)c(F)c1. The molecule has 0 atom stereocenters. The molecule has 0 radical (unpaired) electrons. The largest absolute Gasteiger partial charge is 0.491 e. The maximum Gasteiger partial charge on any atom is 0.410 e. The Morgan fingerprint density at radius 2 is 1.60 bits per heavy atom. The molecule has 1 fully saturated rings. The minimum atomic E-state index is -0.665. The Morgan fingerprint density at radius 3 is 2.04 bits per heavy atom. The Labute approximate surface area is 147 Å². The second kappa shape index (κ2) is 7.45. The van der Waals surface area contributed by atoms with Gasteiger partial charge >= 0.3 is 6.09 Å². The molecule has 0 unspecified atom stereocenters. The lowest BCUT2D eigenvalue weighted by atomic mass is 10.2. The number of carbonyl (C=O) groups excluding carboxylic acids is 1. The Hall–Kier alpha value is -2.05. The molecule has 140 valence electrons. The van der Waals surface area contributed by atoms with Gasteiger partial charge in [-0.25, -0.2) is 13.6 Å². The molecule has 1 aromatic rings. The number of piperazine rings is 1. The molecule has 1 heterocycles. The van der Waals surface area contributed by atoms with Crippen LogP contribution in [0.1, 0.15) is 34.6 Å². The maximum atomic E-state index is 14.4. The fraction of sp³-hybridized carbons (Fsp3) is 0.611. The van der Waals surface area contributed by atoms with Crippen LogP contribution in [0, 0.1) is 11.6 Å². The smallest absolute Gasteiger partial charge is 0.410 e. The molecule has 1 aliphatic heterocycles. The normalized spacial score (nSPS) is 15.5. The fourth-order valence-electron chi connectivity index (χ4n) is 2.62. The van der Waals surface area contributed by atoms with Crippen molar-refractivity contribution in [2.75, 3.05) is 31.1 Å². The van der Waals surface area contributed by atoms with Crippen molar-refractivity contribution < 1.29 is 23.0 Å². The topological polar surface area (TPSA) is 42.0 Å².